The second-order valence-corrected chi connectivity index (χ2v) is 4.85. The number of aromatic carboxylic acids is 1. The maximum Gasteiger partial charge on any atom is 0.356 e. The first-order chi connectivity index (χ1) is 7.38. The van der Waals surface area contributed by atoms with E-state index in [2.05, 4.69) is 36.3 Å². The van der Waals surface area contributed by atoms with Gasteiger partial charge in [-0.25, -0.2) is 4.79 Å². The molecular formula is C11H17N3O2. The zero-order valence-corrected chi connectivity index (χ0v) is 9.82. The van der Waals surface area contributed by atoms with Crippen molar-refractivity contribution in [2.75, 3.05) is 11.9 Å². The third-order valence-electron chi connectivity index (χ3n) is 2.06. The summed E-state index contributed by atoms with van der Waals surface area (Å²) in [6.07, 6.45) is 1.01. The first kappa shape index (κ1) is 12.4. The predicted molar refractivity (Wildman–Crippen MR) is 61.6 cm³/mol. The van der Waals surface area contributed by atoms with Gasteiger partial charge in [0.2, 0.25) is 0 Å². The van der Waals surface area contributed by atoms with Crippen molar-refractivity contribution < 1.29 is 9.90 Å². The lowest BCUT2D eigenvalue weighted by molar-refractivity contribution is 0.0689. The highest BCUT2D eigenvalue weighted by Gasteiger charge is 2.09. The number of carboxylic acids is 1. The van der Waals surface area contributed by atoms with Gasteiger partial charge in [-0.15, -0.1) is 10.2 Å². The van der Waals surface area contributed by atoms with Crippen LogP contribution in [0, 0.1) is 5.41 Å². The highest BCUT2D eigenvalue weighted by atomic mass is 16.4. The van der Waals surface area contributed by atoms with Crippen LogP contribution in [-0.4, -0.2) is 27.8 Å². The van der Waals surface area contributed by atoms with Gasteiger partial charge in [-0.05, 0) is 24.0 Å². The molecule has 0 amide bonds. The molecule has 0 bridgehead atoms. The van der Waals surface area contributed by atoms with Crippen LogP contribution in [0.2, 0.25) is 0 Å². The van der Waals surface area contributed by atoms with Gasteiger partial charge in [-0.3, -0.25) is 0 Å². The van der Waals surface area contributed by atoms with Crippen molar-refractivity contribution in [3.05, 3.63) is 17.8 Å². The SMILES string of the molecule is CC(C)(C)CCNc1ccc(C(=O)O)nn1. The molecule has 5 nitrogen and oxygen atoms in total. The largest absolute Gasteiger partial charge is 0.476 e. The first-order valence-electron chi connectivity index (χ1n) is 5.19. The molecule has 0 fully saturated rings. The monoisotopic (exact) mass is 223 g/mol. The van der Waals surface area contributed by atoms with Crippen LogP contribution in [0.1, 0.15) is 37.7 Å². The quantitative estimate of drug-likeness (QED) is 0.816. The molecule has 16 heavy (non-hydrogen) atoms. The third kappa shape index (κ3) is 4.25. The number of carbonyl (C=O) groups is 1. The Morgan fingerprint density at radius 2 is 2.06 bits per heavy atom. The Hall–Kier alpha value is -1.65. The van der Waals surface area contributed by atoms with Gasteiger partial charge >= 0.3 is 5.97 Å². The normalized spacial score (nSPS) is 11.2. The van der Waals surface area contributed by atoms with Gasteiger partial charge in [-0.2, -0.15) is 0 Å². The molecule has 2 N–H and O–H groups in total. The molecule has 0 atom stereocenters. The van der Waals surface area contributed by atoms with E-state index in [0.29, 0.717) is 5.82 Å². The Labute approximate surface area is 94.9 Å². The smallest absolute Gasteiger partial charge is 0.356 e. The fourth-order valence-electron chi connectivity index (χ4n) is 1.11. The van der Waals surface area contributed by atoms with Crippen LogP contribution in [0.3, 0.4) is 0 Å². The number of anilines is 1. The molecule has 1 rings (SSSR count). The van der Waals surface area contributed by atoms with E-state index >= 15 is 0 Å². The van der Waals surface area contributed by atoms with Crippen LogP contribution in [0.15, 0.2) is 12.1 Å². The summed E-state index contributed by atoms with van der Waals surface area (Å²) in [7, 11) is 0. The second kappa shape index (κ2) is 4.92. The lowest BCUT2D eigenvalue weighted by atomic mass is 9.92. The van der Waals surface area contributed by atoms with Crippen LogP contribution in [0.25, 0.3) is 0 Å². The van der Waals surface area contributed by atoms with E-state index in [4.69, 9.17) is 5.11 Å². The standard InChI is InChI=1S/C11H17N3O2/c1-11(2,3)6-7-12-9-5-4-8(10(15)16)13-14-9/h4-5H,6-7H2,1-3H3,(H,12,14)(H,15,16). The van der Waals surface area contributed by atoms with Gasteiger partial charge in [0, 0.05) is 6.54 Å². The van der Waals surface area contributed by atoms with Crippen molar-refractivity contribution in [2.24, 2.45) is 5.41 Å². The summed E-state index contributed by atoms with van der Waals surface area (Å²) in [6, 6.07) is 3.06. The summed E-state index contributed by atoms with van der Waals surface area (Å²) in [5, 5.41) is 19.1. The molecule has 0 aromatic carbocycles. The summed E-state index contributed by atoms with van der Waals surface area (Å²) in [4.78, 5) is 10.5. The minimum absolute atomic E-state index is 0.0404. The first-order valence-corrected chi connectivity index (χ1v) is 5.19. The van der Waals surface area contributed by atoms with Crippen LogP contribution in [0.4, 0.5) is 5.82 Å². The summed E-state index contributed by atoms with van der Waals surface area (Å²) in [6.45, 7) is 7.28. The van der Waals surface area contributed by atoms with Crippen molar-refractivity contribution in [2.45, 2.75) is 27.2 Å². The Balaban J connectivity index is 2.47. The molecule has 0 aliphatic carbocycles. The van der Waals surface area contributed by atoms with Gasteiger partial charge in [0.25, 0.3) is 0 Å². The lowest BCUT2D eigenvalue weighted by Crippen LogP contribution is -2.14. The highest BCUT2D eigenvalue weighted by molar-refractivity contribution is 5.85. The molecule has 5 heteroatoms. The molecule has 0 aliphatic rings. The number of hydrogen-bond donors (Lipinski definition) is 2. The number of nitrogens with zero attached hydrogens (tertiary/aromatic N) is 2. The topological polar surface area (TPSA) is 75.1 Å². The summed E-state index contributed by atoms with van der Waals surface area (Å²) < 4.78 is 0. The van der Waals surface area contributed by atoms with E-state index in [1.807, 2.05) is 0 Å². The molecule has 1 aromatic heterocycles. The minimum Gasteiger partial charge on any atom is -0.476 e. The summed E-state index contributed by atoms with van der Waals surface area (Å²) >= 11 is 0. The zero-order valence-electron chi connectivity index (χ0n) is 9.82. The van der Waals surface area contributed by atoms with Gasteiger partial charge in [-0.1, -0.05) is 20.8 Å². The van der Waals surface area contributed by atoms with Crippen molar-refractivity contribution >= 4 is 11.8 Å². The molecule has 0 saturated heterocycles. The van der Waals surface area contributed by atoms with Gasteiger partial charge in [0.05, 0.1) is 0 Å². The lowest BCUT2D eigenvalue weighted by Gasteiger charge is -2.17. The average molecular weight is 223 g/mol. The van der Waals surface area contributed by atoms with E-state index in [1.165, 1.54) is 6.07 Å². The molecule has 0 saturated carbocycles. The molecular weight excluding hydrogens is 206 g/mol. The maximum absolute atomic E-state index is 10.5. The fraction of sp³-hybridized carbons (Fsp3) is 0.545. The molecule has 1 aromatic rings. The van der Waals surface area contributed by atoms with Gasteiger partial charge < -0.3 is 10.4 Å². The number of aromatic nitrogens is 2. The summed E-state index contributed by atoms with van der Waals surface area (Å²) in [5.41, 5.74) is 0.225. The predicted octanol–water partition coefficient (Wildman–Crippen LogP) is 2.02. The van der Waals surface area contributed by atoms with Crippen LogP contribution in [0.5, 0.6) is 0 Å². The Bertz CT molecular complexity index is 354. The fourth-order valence-corrected chi connectivity index (χ4v) is 1.11. The van der Waals surface area contributed by atoms with E-state index in [1.54, 1.807) is 6.07 Å². The van der Waals surface area contributed by atoms with E-state index in [0.717, 1.165) is 13.0 Å². The Morgan fingerprint density at radius 3 is 2.50 bits per heavy atom. The molecule has 0 aliphatic heterocycles. The van der Waals surface area contributed by atoms with Crippen molar-refractivity contribution in [1.82, 2.24) is 10.2 Å². The van der Waals surface area contributed by atoms with Crippen LogP contribution >= 0.6 is 0 Å². The molecule has 0 spiro atoms. The zero-order chi connectivity index (χ0) is 12.2. The molecule has 1 heterocycles. The number of nitrogens with one attached hydrogen (secondary N) is 1. The van der Waals surface area contributed by atoms with E-state index in [9.17, 15) is 4.79 Å². The highest BCUT2D eigenvalue weighted by Crippen LogP contribution is 2.17. The van der Waals surface area contributed by atoms with Crippen molar-refractivity contribution in [3.8, 4) is 0 Å². The van der Waals surface area contributed by atoms with Gasteiger partial charge in [0.1, 0.15) is 5.82 Å². The third-order valence-corrected chi connectivity index (χ3v) is 2.06. The number of hydrogen-bond acceptors (Lipinski definition) is 4. The maximum atomic E-state index is 10.5. The van der Waals surface area contributed by atoms with Crippen LogP contribution in [-0.2, 0) is 0 Å². The van der Waals surface area contributed by atoms with Crippen LogP contribution < -0.4 is 5.32 Å². The molecule has 0 unspecified atom stereocenters. The average Bonchev–Trinajstić information content (AvgIpc) is 2.16. The second-order valence-electron chi connectivity index (χ2n) is 4.85. The van der Waals surface area contributed by atoms with E-state index in [-0.39, 0.29) is 11.1 Å². The summed E-state index contributed by atoms with van der Waals surface area (Å²) in [5.74, 6) is -0.456. The molecule has 0 radical (unpaired) electrons. The minimum atomic E-state index is -1.06. The van der Waals surface area contributed by atoms with Gasteiger partial charge in [0.15, 0.2) is 5.69 Å². The van der Waals surface area contributed by atoms with Crippen molar-refractivity contribution in [3.63, 3.8) is 0 Å². The van der Waals surface area contributed by atoms with Crippen molar-refractivity contribution in [1.29, 1.82) is 0 Å². The van der Waals surface area contributed by atoms with E-state index < -0.39 is 5.97 Å². The number of carboxylic acid groups (broad SMARTS) is 1. The Morgan fingerprint density at radius 1 is 1.38 bits per heavy atom. The Kier molecular flexibility index (Phi) is 3.82. The molecule has 88 valence electrons. The number of rotatable bonds is 4.